The van der Waals surface area contributed by atoms with Gasteiger partial charge in [0.15, 0.2) is 11.5 Å². The third-order valence-corrected chi connectivity index (χ3v) is 3.30. The zero-order valence-electron chi connectivity index (χ0n) is 12.9. The van der Waals surface area contributed by atoms with Gasteiger partial charge in [-0.15, -0.1) is 0 Å². The lowest BCUT2D eigenvalue weighted by Crippen LogP contribution is -2.13. The number of hydrogen-bond donors (Lipinski definition) is 1. The molecular weight excluding hydrogens is 274 g/mol. The minimum atomic E-state index is 0.471. The van der Waals surface area contributed by atoms with E-state index in [0.717, 1.165) is 12.1 Å². The van der Waals surface area contributed by atoms with Gasteiger partial charge in [-0.3, -0.25) is 0 Å². The van der Waals surface area contributed by atoms with Crippen molar-refractivity contribution in [1.82, 2.24) is 5.32 Å². The van der Waals surface area contributed by atoms with Gasteiger partial charge in [-0.05, 0) is 37.6 Å². The Morgan fingerprint density at radius 2 is 2.10 bits per heavy atom. The molecular formula is C16H24ClNO2. The van der Waals surface area contributed by atoms with Gasteiger partial charge in [0.05, 0.1) is 18.7 Å². The Morgan fingerprint density at radius 1 is 1.40 bits per heavy atom. The van der Waals surface area contributed by atoms with E-state index in [0.29, 0.717) is 29.0 Å². The third kappa shape index (κ3) is 4.43. The van der Waals surface area contributed by atoms with Crippen molar-refractivity contribution in [2.24, 2.45) is 5.92 Å². The first-order chi connectivity index (χ1) is 9.53. The number of ether oxygens (including phenoxy) is 2. The Balaban J connectivity index is 3.19. The fourth-order valence-electron chi connectivity index (χ4n) is 1.95. The van der Waals surface area contributed by atoms with Crippen molar-refractivity contribution in [3.8, 4) is 11.5 Å². The third-order valence-electron chi connectivity index (χ3n) is 3.01. The molecule has 0 aromatic heterocycles. The van der Waals surface area contributed by atoms with Crippen LogP contribution in [0.25, 0.3) is 6.08 Å². The van der Waals surface area contributed by atoms with Gasteiger partial charge in [0.1, 0.15) is 0 Å². The van der Waals surface area contributed by atoms with Crippen molar-refractivity contribution in [3.05, 3.63) is 28.3 Å². The quantitative estimate of drug-likeness (QED) is 0.825. The Labute approximate surface area is 126 Å². The zero-order valence-corrected chi connectivity index (χ0v) is 13.7. The monoisotopic (exact) mass is 297 g/mol. The Morgan fingerprint density at radius 3 is 2.60 bits per heavy atom. The van der Waals surface area contributed by atoms with Gasteiger partial charge in [-0.2, -0.15) is 0 Å². The number of benzene rings is 1. The van der Waals surface area contributed by atoms with E-state index in [-0.39, 0.29) is 0 Å². The molecule has 1 aromatic rings. The van der Waals surface area contributed by atoms with Crippen molar-refractivity contribution in [3.63, 3.8) is 0 Å². The fraction of sp³-hybridized carbons (Fsp3) is 0.500. The van der Waals surface area contributed by atoms with E-state index in [4.69, 9.17) is 21.1 Å². The summed E-state index contributed by atoms with van der Waals surface area (Å²) < 4.78 is 10.9. The molecule has 112 valence electrons. The van der Waals surface area contributed by atoms with E-state index in [2.05, 4.69) is 25.2 Å². The summed E-state index contributed by atoms with van der Waals surface area (Å²) in [7, 11) is 3.57. The second kappa shape index (κ2) is 8.18. The van der Waals surface area contributed by atoms with E-state index in [1.54, 1.807) is 7.11 Å². The van der Waals surface area contributed by atoms with Crippen LogP contribution < -0.4 is 14.8 Å². The number of methoxy groups -OCH3 is 1. The molecule has 0 spiro atoms. The molecule has 1 N–H and O–H groups in total. The molecule has 20 heavy (non-hydrogen) atoms. The molecule has 0 bridgehead atoms. The normalized spacial score (nSPS) is 11.8. The summed E-state index contributed by atoms with van der Waals surface area (Å²) in [6.07, 6.45) is 2.14. The molecule has 0 aliphatic heterocycles. The van der Waals surface area contributed by atoms with Gasteiger partial charge < -0.3 is 14.8 Å². The van der Waals surface area contributed by atoms with Crippen molar-refractivity contribution >= 4 is 17.7 Å². The van der Waals surface area contributed by atoms with Gasteiger partial charge in [-0.25, -0.2) is 0 Å². The molecule has 0 unspecified atom stereocenters. The van der Waals surface area contributed by atoms with Crippen molar-refractivity contribution in [2.75, 3.05) is 27.3 Å². The second-order valence-electron chi connectivity index (χ2n) is 4.87. The molecule has 0 aliphatic carbocycles. The van der Waals surface area contributed by atoms with Crippen molar-refractivity contribution < 1.29 is 9.47 Å². The van der Waals surface area contributed by atoms with Gasteiger partial charge in [0.2, 0.25) is 0 Å². The number of hydrogen-bond acceptors (Lipinski definition) is 3. The molecule has 1 rings (SSSR count). The van der Waals surface area contributed by atoms with Crippen molar-refractivity contribution in [2.45, 2.75) is 20.8 Å². The smallest absolute Gasteiger partial charge is 0.179 e. The lowest BCUT2D eigenvalue weighted by Gasteiger charge is -2.14. The molecule has 0 heterocycles. The lowest BCUT2D eigenvalue weighted by atomic mass is 10.00. The number of halogens is 1. The first kappa shape index (κ1) is 16.9. The lowest BCUT2D eigenvalue weighted by molar-refractivity contribution is 0.311. The first-order valence-electron chi connectivity index (χ1n) is 6.88. The second-order valence-corrected chi connectivity index (χ2v) is 5.28. The van der Waals surface area contributed by atoms with E-state index in [9.17, 15) is 0 Å². The van der Waals surface area contributed by atoms with E-state index in [1.165, 1.54) is 5.57 Å². The standard InChI is InChI=1S/C16H24ClNO2/c1-6-20-16-14(17)8-12(9-15(16)19-5)7-13(10-18-4)11(2)3/h7-9,11,18H,6,10H2,1-5H3. The van der Waals surface area contributed by atoms with E-state index < -0.39 is 0 Å². The molecule has 0 fully saturated rings. The van der Waals surface area contributed by atoms with Crippen LogP contribution in [0.3, 0.4) is 0 Å². The molecule has 0 saturated heterocycles. The molecule has 0 aliphatic rings. The van der Waals surface area contributed by atoms with Crippen LogP contribution in [0.15, 0.2) is 17.7 Å². The number of rotatable bonds is 7. The van der Waals surface area contributed by atoms with E-state index >= 15 is 0 Å². The Bertz CT molecular complexity index is 470. The summed E-state index contributed by atoms with van der Waals surface area (Å²) >= 11 is 6.28. The Hall–Kier alpha value is -1.19. The summed E-state index contributed by atoms with van der Waals surface area (Å²) in [5.74, 6) is 1.74. The van der Waals surface area contributed by atoms with Crippen molar-refractivity contribution in [1.29, 1.82) is 0 Å². The van der Waals surface area contributed by atoms with Crippen LogP contribution in [0.1, 0.15) is 26.3 Å². The summed E-state index contributed by atoms with van der Waals surface area (Å²) in [6, 6.07) is 3.86. The number of nitrogens with one attached hydrogen (secondary N) is 1. The summed E-state index contributed by atoms with van der Waals surface area (Å²) in [6.45, 7) is 7.69. The topological polar surface area (TPSA) is 30.5 Å². The average molecular weight is 298 g/mol. The maximum absolute atomic E-state index is 6.28. The van der Waals surface area contributed by atoms with Crippen LogP contribution >= 0.6 is 11.6 Å². The maximum Gasteiger partial charge on any atom is 0.179 e. The maximum atomic E-state index is 6.28. The van der Waals surface area contributed by atoms with Gasteiger partial charge in [0, 0.05) is 6.54 Å². The molecule has 0 amide bonds. The summed E-state index contributed by atoms with van der Waals surface area (Å²) in [4.78, 5) is 0. The molecule has 0 radical (unpaired) electrons. The van der Waals surface area contributed by atoms with Crippen LogP contribution in [-0.4, -0.2) is 27.3 Å². The minimum Gasteiger partial charge on any atom is -0.493 e. The van der Waals surface area contributed by atoms with Gasteiger partial charge in [-0.1, -0.05) is 37.1 Å². The molecule has 0 atom stereocenters. The molecule has 1 aromatic carbocycles. The SMILES string of the molecule is CCOc1c(Cl)cc(C=C(CNC)C(C)C)cc1OC. The van der Waals surface area contributed by atoms with Crippen LogP contribution in [0.5, 0.6) is 11.5 Å². The largest absolute Gasteiger partial charge is 0.493 e. The molecule has 3 nitrogen and oxygen atoms in total. The minimum absolute atomic E-state index is 0.471. The fourth-order valence-corrected chi connectivity index (χ4v) is 2.22. The predicted molar refractivity (Wildman–Crippen MR) is 85.9 cm³/mol. The predicted octanol–water partition coefficient (Wildman–Crippen LogP) is 4.01. The average Bonchev–Trinajstić information content (AvgIpc) is 2.40. The van der Waals surface area contributed by atoms with Crippen LogP contribution in [-0.2, 0) is 0 Å². The van der Waals surface area contributed by atoms with Gasteiger partial charge in [0.25, 0.3) is 0 Å². The first-order valence-corrected chi connectivity index (χ1v) is 7.26. The van der Waals surface area contributed by atoms with E-state index in [1.807, 2.05) is 26.1 Å². The van der Waals surface area contributed by atoms with Crippen LogP contribution in [0, 0.1) is 5.92 Å². The highest BCUT2D eigenvalue weighted by atomic mass is 35.5. The highest BCUT2D eigenvalue weighted by molar-refractivity contribution is 6.32. The summed E-state index contributed by atoms with van der Waals surface area (Å²) in [5, 5.41) is 3.76. The zero-order chi connectivity index (χ0) is 15.1. The molecule has 4 heteroatoms. The molecule has 0 saturated carbocycles. The highest BCUT2D eigenvalue weighted by Crippen LogP contribution is 2.37. The van der Waals surface area contributed by atoms with Gasteiger partial charge >= 0.3 is 0 Å². The summed E-state index contributed by atoms with van der Waals surface area (Å²) in [5.41, 5.74) is 2.34. The van der Waals surface area contributed by atoms with Crippen LogP contribution in [0.4, 0.5) is 0 Å². The number of likely N-dealkylation sites (N-methyl/N-ethyl adjacent to an activating group) is 1. The van der Waals surface area contributed by atoms with Crippen LogP contribution in [0.2, 0.25) is 5.02 Å². The Kier molecular flexibility index (Phi) is 6.89. The highest BCUT2D eigenvalue weighted by Gasteiger charge is 2.11.